The van der Waals surface area contributed by atoms with Gasteiger partial charge in [-0.2, -0.15) is 0 Å². The van der Waals surface area contributed by atoms with E-state index in [1.54, 1.807) is 6.07 Å². The second-order valence-electron chi connectivity index (χ2n) is 3.98. The molecule has 0 atom stereocenters. The molecular weight excluding hydrogens is 250 g/mol. The fourth-order valence-corrected chi connectivity index (χ4v) is 1.72. The highest BCUT2D eigenvalue weighted by Crippen LogP contribution is 2.30. The molecule has 0 radical (unpaired) electrons. The van der Waals surface area contributed by atoms with Gasteiger partial charge in [-0.3, -0.25) is 9.59 Å². The van der Waals surface area contributed by atoms with Gasteiger partial charge in [0.2, 0.25) is 0 Å². The van der Waals surface area contributed by atoms with Crippen LogP contribution in [0.15, 0.2) is 18.2 Å². The number of rotatable bonds is 6. The summed E-state index contributed by atoms with van der Waals surface area (Å²) in [4.78, 5) is 24.1. The number of phenolic OH excluding ortho intramolecular Hbond substituents is 1. The first-order valence-electron chi connectivity index (χ1n) is 5.88. The number of carbonyl (C=O) groups is 2. The Morgan fingerprint density at radius 2 is 2.05 bits per heavy atom. The van der Waals surface area contributed by atoms with E-state index in [-0.39, 0.29) is 17.1 Å². The van der Waals surface area contributed by atoms with Crippen LogP contribution >= 0.6 is 0 Å². The number of phenols is 1. The molecule has 0 aliphatic heterocycles. The van der Waals surface area contributed by atoms with Gasteiger partial charge in [-0.25, -0.2) is 0 Å². The van der Waals surface area contributed by atoms with E-state index in [1.165, 1.54) is 24.1 Å². The Labute approximate surface area is 111 Å². The largest absolute Gasteiger partial charge is 0.504 e. The van der Waals surface area contributed by atoms with Crippen LogP contribution in [0.25, 0.3) is 0 Å². The lowest BCUT2D eigenvalue weighted by molar-refractivity contribution is -0.137. The molecule has 0 aliphatic rings. The molecule has 0 spiro atoms. The molecule has 0 heterocycles. The second kappa shape index (κ2) is 6.63. The molecule has 104 valence electrons. The summed E-state index contributed by atoms with van der Waals surface area (Å²) in [5, 5.41) is 18.7. The van der Waals surface area contributed by atoms with Crippen LogP contribution in [0, 0.1) is 0 Å². The lowest BCUT2D eigenvalue weighted by atomic mass is 10.1. The number of amides is 1. The van der Waals surface area contributed by atoms with Gasteiger partial charge in [0.25, 0.3) is 5.91 Å². The lowest BCUT2D eigenvalue weighted by Gasteiger charge is -2.20. The Kier molecular flexibility index (Phi) is 5.17. The van der Waals surface area contributed by atoms with Crippen molar-refractivity contribution in [3.63, 3.8) is 0 Å². The molecule has 1 aromatic rings. The molecule has 0 saturated carbocycles. The van der Waals surface area contributed by atoms with Crippen LogP contribution in [0.2, 0.25) is 0 Å². The van der Waals surface area contributed by atoms with E-state index in [0.717, 1.165) is 0 Å². The molecule has 0 unspecified atom stereocenters. The normalized spacial score (nSPS) is 10.0. The van der Waals surface area contributed by atoms with Crippen molar-refractivity contribution in [2.75, 3.05) is 20.2 Å². The zero-order valence-electron chi connectivity index (χ0n) is 10.9. The van der Waals surface area contributed by atoms with Gasteiger partial charge in [0.05, 0.1) is 12.7 Å². The third-order valence-corrected chi connectivity index (χ3v) is 2.56. The van der Waals surface area contributed by atoms with Gasteiger partial charge >= 0.3 is 5.97 Å². The number of methoxy groups -OCH3 is 1. The molecule has 6 heteroatoms. The highest BCUT2D eigenvalue weighted by Gasteiger charge is 2.22. The molecule has 19 heavy (non-hydrogen) atoms. The smallest absolute Gasteiger partial charge is 0.323 e. The lowest BCUT2D eigenvalue weighted by Crippen LogP contribution is -2.36. The fraction of sp³-hybridized carbons (Fsp3) is 0.385. The Morgan fingerprint density at radius 1 is 1.37 bits per heavy atom. The number of hydrogen-bond donors (Lipinski definition) is 2. The zero-order chi connectivity index (χ0) is 14.4. The first-order chi connectivity index (χ1) is 9.01. The monoisotopic (exact) mass is 267 g/mol. The summed E-state index contributed by atoms with van der Waals surface area (Å²) >= 11 is 0. The predicted molar refractivity (Wildman–Crippen MR) is 68.5 cm³/mol. The zero-order valence-corrected chi connectivity index (χ0v) is 10.9. The second-order valence-corrected chi connectivity index (χ2v) is 3.98. The van der Waals surface area contributed by atoms with E-state index in [2.05, 4.69) is 0 Å². The van der Waals surface area contributed by atoms with Crippen LogP contribution in [-0.2, 0) is 4.79 Å². The number of nitrogens with zero attached hydrogens (tertiary/aromatic N) is 1. The molecule has 0 aliphatic carbocycles. The van der Waals surface area contributed by atoms with E-state index < -0.39 is 18.4 Å². The summed E-state index contributed by atoms with van der Waals surface area (Å²) in [7, 11) is 1.38. The number of ether oxygens (including phenoxy) is 1. The minimum absolute atomic E-state index is 0.0362. The maximum Gasteiger partial charge on any atom is 0.323 e. The predicted octanol–water partition coefficient (Wildman–Crippen LogP) is 1.34. The van der Waals surface area contributed by atoms with E-state index in [1.807, 2.05) is 6.92 Å². The van der Waals surface area contributed by atoms with Crippen molar-refractivity contribution < 1.29 is 24.5 Å². The summed E-state index contributed by atoms with van der Waals surface area (Å²) in [5.41, 5.74) is 0.0362. The standard InChI is InChI=1S/C13H17NO5/c1-3-7-14(8-11(15)16)13(18)9-5-4-6-10(19-2)12(9)17/h4-6,17H,3,7-8H2,1-2H3,(H,15,16). The molecule has 1 aromatic carbocycles. The molecule has 1 rings (SSSR count). The molecule has 1 amide bonds. The van der Waals surface area contributed by atoms with Crippen molar-refractivity contribution in [1.29, 1.82) is 0 Å². The van der Waals surface area contributed by atoms with E-state index >= 15 is 0 Å². The molecule has 0 fully saturated rings. The van der Waals surface area contributed by atoms with E-state index in [4.69, 9.17) is 9.84 Å². The van der Waals surface area contributed by atoms with E-state index in [0.29, 0.717) is 13.0 Å². The summed E-state index contributed by atoms with van der Waals surface area (Å²) in [5.74, 6) is -1.72. The summed E-state index contributed by atoms with van der Waals surface area (Å²) < 4.78 is 4.92. The number of hydrogen-bond acceptors (Lipinski definition) is 4. The van der Waals surface area contributed by atoms with Gasteiger partial charge in [0.15, 0.2) is 11.5 Å². The Morgan fingerprint density at radius 3 is 2.58 bits per heavy atom. The van der Waals surface area contributed by atoms with Gasteiger partial charge in [-0.1, -0.05) is 13.0 Å². The van der Waals surface area contributed by atoms with Gasteiger partial charge in [0.1, 0.15) is 6.54 Å². The van der Waals surface area contributed by atoms with E-state index in [9.17, 15) is 14.7 Å². The summed E-state index contributed by atoms with van der Waals surface area (Å²) in [6.07, 6.45) is 0.629. The topological polar surface area (TPSA) is 87.1 Å². The number of para-hydroxylation sites is 1. The summed E-state index contributed by atoms with van der Waals surface area (Å²) in [6.45, 7) is 1.75. The number of carboxylic acids is 1. The van der Waals surface area contributed by atoms with Gasteiger partial charge < -0.3 is 19.8 Å². The SMILES string of the molecule is CCCN(CC(=O)O)C(=O)c1cccc(OC)c1O. The average molecular weight is 267 g/mol. The quantitative estimate of drug-likeness (QED) is 0.812. The van der Waals surface area contributed by atoms with Crippen molar-refractivity contribution in [1.82, 2.24) is 4.90 Å². The number of carbonyl (C=O) groups excluding carboxylic acids is 1. The molecule has 0 bridgehead atoms. The Hall–Kier alpha value is -2.24. The molecule has 6 nitrogen and oxygen atoms in total. The first kappa shape index (κ1) is 14.8. The van der Waals surface area contributed by atoms with Crippen LogP contribution in [0.3, 0.4) is 0 Å². The summed E-state index contributed by atoms with van der Waals surface area (Å²) in [6, 6.07) is 4.52. The number of carboxylic acid groups (broad SMARTS) is 1. The number of benzene rings is 1. The maximum absolute atomic E-state index is 12.2. The third-order valence-electron chi connectivity index (χ3n) is 2.56. The van der Waals surface area contributed by atoms with Crippen LogP contribution in [-0.4, -0.2) is 47.2 Å². The molecule has 0 saturated heterocycles. The van der Waals surface area contributed by atoms with Gasteiger partial charge in [-0.05, 0) is 18.6 Å². The molecular formula is C13H17NO5. The van der Waals surface area contributed by atoms with Gasteiger partial charge in [0, 0.05) is 6.54 Å². The number of aliphatic carboxylic acids is 1. The maximum atomic E-state index is 12.2. The fourth-order valence-electron chi connectivity index (χ4n) is 1.72. The third kappa shape index (κ3) is 3.61. The highest BCUT2D eigenvalue weighted by molar-refractivity contribution is 5.98. The Bertz CT molecular complexity index is 472. The number of aromatic hydroxyl groups is 1. The van der Waals surface area contributed by atoms with Crippen molar-refractivity contribution in [3.8, 4) is 11.5 Å². The minimum atomic E-state index is -1.09. The molecule has 0 aromatic heterocycles. The highest BCUT2D eigenvalue weighted by atomic mass is 16.5. The van der Waals surface area contributed by atoms with Crippen molar-refractivity contribution in [2.45, 2.75) is 13.3 Å². The van der Waals surface area contributed by atoms with Crippen LogP contribution < -0.4 is 4.74 Å². The van der Waals surface area contributed by atoms with Gasteiger partial charge in [-0.15, -0.1) is 0 Å². The average Bonchev–Trinajstić information content (AvgIpc) is 2.37. The first-order valence-corrected chi connectivity index (χ1v) is 5.88. The van der Waals surface area contributed by atoms with Crippen LogP contribution in [0.4, 0.5) is 0 Å². The van der Waals surface area contributed by atoms with Crippen molar-refractivity contribution >= 4 is 11.9 Å². The van der Waals surface area contributed by atoms with Crippen molar-refractivity contribution in [3.05, 3.63) is 23.8 Å². The Balaban J connectivity index is 3.05. The van der Waals surface area contributed by atoms with Crippen LogP contribution in [0.5, 0.6) is 11.5 Å². The molecule has 2 N–H and O–H groups in total. The minimum Gasteiger partial charge on any atom is -0.504 e. The van der Waals surface area contributed by atoms with Crippen molar-refractivity contribution in [2.24, 2.45) is 0 Å². The van der Waals surface area contributed by atoms with Crippen LogP contribution in [0.1, 0.15) is 23.7 Å².